The molecule has 0 aliphatic rings. The van der Waals surface area contributed by atoms with Crippen LogP contribution in [0.1, 0.15) is 5.82 Å². The van der Waals surface area contributed by atoms with E-state index < -0.39 is 0 Å². The average molecular weight is 444 g/mol. The Hall–Kier alpha value is -3.59. The highest BCUT2D eigenvalue weighted by atomic mass is 15.1. The largest absolute Gasteiger partial charge is 0.295 e. The van der Waals surface area contributed by atoms with Crippen molar-refractivity contribution in [3.05, 3.63) is 78.6 Å². The molecule has 0 unspecified atom stereocenters. The molecule has 0 aliphatic heterocycles. The van der Waals surface area contributed by atoms with Crippen molar-refractivity contribution < 1.29 is 0 Å². The highest BCUT2D eigenvalue weighted by molar-refractivity contribution is 6.69. The molecule has 5 aromatic carbocycles. The SMILES string of the molecule is Bc1c(B)c(B)c(-c2c3ccccc3c(-n3c(C)nc4ccccc43)c3ccccc23)c(B)c1B. The van der Waals surface area contributed by atoms with Crippen LogP contribution < -0.4 is 27.3 Å². The van der Waals surface area contributed by atoms with E-state index in [0.717, 1.165) is 16.9 Å². The van der Waals surface area contributed by atoms with Crippen molar-refractivity contribution in [1.82, 2.24) is 9.55 Å². The molecule has 6 rings (SSSR count). The lowest BCUT2D eigenvalue weighted by atomic mass is 9.59. The number of aromatic nitrogens is 2. The molecule has 0 saturated carbocycles. The van der Waals surface area contributed by atoms with E-state index in [1.165, 1.54) is 65.7 Å². The molecule has 0 amide bonds. The van der Waals surface area contributed by atoms with Crippen LogP contribution in [0, 0.1) is 6.92 Å². The van der Waals surface area contributed by atoms with Crippen LogP contribution in [0.5, 0.6) is 0 Å². The van der Waals surface area contributed by atoms with E-state index in [2.05, 4.69) is 124 Å². The number of imidazole rings is 1. The first kappa shape index (κ1) is 21.9. The van der Waals surface area contributed by atoms with E-state index in [1.807, 2.05) is 0 Å². The lowest BCUT2D eigenvalue weighted by Gasteiger charge is -2.24. The van der Waals surface area contributed by atoms with Crippen molar-refractivity contribution in [3.63, 3.8) is 0 Å². The Kier molecular flexibility index (Phi) is 5.00. The summed E-state index contributed by atoms with van der Waals surface area (Å²) in [7, 11) is 11.4. The van der Waals surface area contributed by atoms with Crippen molar-refractivity contribution in [1.29, 1.82) is 0 Å². The smallest absolute Gasteiger partial charge is 0.139 e. The molecule has 7 heteroatoms. The molecule has 0 spiro atoms. The summed E-state index contributed by atoms with van der Waals surface area (Å²) in [6.07, 6.45) is 0. The second-order valence-electron chi connectivity index (χ2n) is 9.80. The van der Waals surface area contributed by atoms with E-state index in [1.54, 1.807) is 0 Å². The van der Waals surface area contributed by atoms with Gasteiger partial charge in [0.25, 0.3) is 0 Å². The molecule has 35 heavy (non-hydrogen) atoms. The summed E-state index contributed by atoms with van der Waals surface area (Å²) in [6.45, 7) is 2.11. The first-order valence-corrected chi connectivity index (χ1v) is 12.4. The number of rotatable bonds is 2. The van der Waals surface area contributed by atoms with Gasteiger partial charge in [0.1, 0.15) is 45.1 Å². The molecule has 1 aromatic heterocycles. The van der Waals surface area contributed by atoms with Gasteiger partial charge in [-0.15, -0.1) is 16.4 Å². The van der Waals surface area contributed by atoms with E-state index in [0.29, 0.717) is 0 Å². The number of aryl methyl sites for hydroxylation is 1. The predicted molar refractivity (Wildman–Crippen MR) is 167 cm³/mol. The van der Waals surface area contributed by atoms with Crippen molar-refractivity contribution >= 4 is 99.1 Å². The summed E-state index contributed by atoms with van der Waals surface area (Å²) >= 11 is 0. The van der Waals surface area contributed by atoms with Crippen LogP contribution in [0.15, 0.2) is 72.8 Å². The zero-order valence-corrected chi connectivity index (χ0v) is 21.3. The number of benzene rings is 5. The molecular weight excluding hydrogens is 418 g/mol. The predicted octanol–water partition coefficient (Wildman–Crippen LogP) is -1.40. The topological polar surface area (TPSA) is 17.8 Å². The fourth-order valence-electron chi connectivity index (χ4n) is 5.92. The fourth-order valence-corrected chi connectivity index (χ4v) is 5.92. The van der Waals surface area contributed by atoms with Gasteiger partial charge in [-0.05, 0) is 41.0 Å². The number of hydrogen-bond acceptors (Lipinski definition) is 1. The molecule has 6 aromatic rings. The maximum Gasteiger partial charge on any atom is 0.139 e. The van der Waals surface area contributed by atoms with Crippen molar-refractivity contribution in [2.75, 3.05) is 0 Å². The molecule has 0 fully saturated rings. The van der Waals surface area contributed by atoms with Crippen molar-refractivity contribution in [3.8, 4) is 16.8 Å². The summed E-state index contributed by atoms with van der Waals surface area (Å²) in [5, 5.41) is 5.07. The van der Waals surface area contributed by atoms with Gasteiger partial charge in [-0.2, -0.15) is 0 Å². The fraction of sp³-hybridized carbons (Fsp3) is 0.0357. The first-order chi connectivity index (χ1) is 16.9. The number of fused-ring (bicyclic) bond motifs is 3. The van der Waals surface area contributed by atoms with Crippen molar-refractivity contribution in [2.24, 2.45) is 0 Å². The van der Waals surface area contributed by atoms with Gasteiger partial charge in [-0.25, -0.2) is 4.98 Å². The minimum Gasteiger partial charge on any atom is -0.295 e. The van der Waals surface area contributed by atoms with Crippen molar-refractivity contribution in [2.45, 2.75) is 6.92 Å². The monoisotopic (exact) mass is 444 g/mol. The van der Waals surface area contributed by atoms with Crippen LogP contribution in [-0.4, -0.2) is 48.8 Å². The molecule has 0 atom stereocenters. The lowest BCUT2D eigenvalue weighted by molar-refractivity contribution is 1.02. The van der Waals surface area contributed by atoms with Gasteiger partial charge >= 0.3 is 0 Å². The highest BCUT2D eigenvalue weighted by Gasteiger charge is 2.22. The maximum absolute atomic E-state index is 4.91. The van der Waals surface area contributed by atoms with Crippen LogP contribution in [0.3, 0.4) is 0 Å². The van der Waals surface area contributed by atoms with Gasteiger partial charge in [-0.3, -0.25) is 4.57 Å². The Labute approximate surface area is 210 Å². The summed E-state index contributed by atoms with van der Waals surface area (Å²) in [5.74, 6) is 1.00. The van der Waals surface area contributed by atoms with E-state index in [-0.39, 0.29) is 0 Å². The second kappa shape index (κ2) is 7.98. The van der Waals surface area contributed by atoms with E-state index in [4.69, 9.17) is 4.98 Å². The van der Waals surface area contributed by atoms with Gasteiger partial charge in [-0.1, -0.05) is 71.6 Å². The zero-order valence-electron chi connectivity index (χ0n) is 21.3. The molecule has 0 aliphatic carbocycles. The van der Waals surface area contributed by atoms with E-state index in [9.17, 15) is 0 Å². The molecule has 2 nitrogen and oxygen atoms in total. The number of para-hydroxylation sites is 2. The molecule has 0 N–H and O–H groups in total. The standard InChI is InChI=1S/C28H25B5N2/c1-14-34-19-12-6-7-13-20(19)35(14)28-17-10-4-2-8-15(17)21(16-9-3-5-11-18(16)28)22-23(29)25(31)27(33)26(32)24(22)30/h2-13H,29-33H2,1H3. The second-order valence-corrected chi connectivity index (χ2v) is 9.80. The van der Waals surface area contributed by atoms with Gasteiger partial charge in [0.2, 0.25) is 0 Å². The van der Waals surface area contributed by atoms with Gasteiger partial charge in [0, 0.05) is 10.8 Å². The molecular formula is C28H25B5N2. The summed E-state index contributed by atoms with van der Waals surface area (Å²) in [5.41, 5.74) is 13.0. The molecule has 162 valence electrons. The third kappa shape index (κ3) is 3.07. The third-order valence-corrected chi connectivity index (χ3v) is 8.11. The summed E-state index contributed by atoms with van der Waals surface area (Å²) < 4.78 is 2.34. The van der Waals surface area contributed by atoms with Crippen LogP contribution in [-0.2, 0) is 0 Å². The normalized spacial score (nSPS) is 11.6. The molecule has 0 radical (unpaired) electrons. The number of hydrogen-bond donors (Lipinski definition) is 0. The molecule has 0 bridgehead atoms. The Morgan fingerprint density at radius 2 is 1.00 bits per heavy atom. The quantitative estimate of drug-likeness (QED) is 0.238. The van der Waals surface area contributed by atoms with Crippen LogP contribution in [0.2, 0.25) is 0 Å². The summed E-state index contributed by atoms with van der Waals surface area (Å²) in [6, 6.07) is 26.2. The highest BCUT2D eigenvalue weighted by Crippen LogP contribution is 2.41. The van der Waals surface area contributed by atoms with Gasteiger partial charge in [0.05, 0.1) is 16.7 Å². The Bertz CT molecular complexity index is 1730. The number of nitrogens with zero attached hydrogens (tertiary/aromatic N) is 2. The molecule has 0 saturated heterocycles. The first-order valence-electron chi connectivity index (χ1n) is 12.4. The Morgan fingerprint density at radius 1 is 0.543 bits per heavy atom. The minimum absolute atomic E-state index is 1.00. The van der Waals surface area contributed by atoms with E-state index >= 15 is 0 Å². The van der Waals surface area contributed by atoms with Gasteiger partial charge < -0.3 is 0 Å². The Morgan fingerprint density at radius 3 is 1.57 bits per heavy atom. The van der Waals surface area contributed by atoms with Gasteiger partial charge in [0.15, 0.2) is 0 Å². The maximum atomic E-state index is 4.91. The zero-order chi connectivity index (χ0) is 24.4. The third-order valence-electron chi connectivity index (χ3n) is 8.11. The minimum atomic E-state index is 1.00. The summed E-state index contributed by atoms with van der Waals surface area (Å²) in [4.78, 5) is 4.91. The lowest BCUT2D eigenvalue weighted by Crippen LogP contribution is -2.55. The Balaban J connectivity index is 1.87. The van der Waals surface area contributed by atoms with Crippen LogP contribution in [0.4, 0.5) is 0 Å². The average Bonchev–Trinajstić information content (AvgIpc) is 3.21. The van der Waals surface area contributed by atoms with Crippen LogP contribution >= 0.6 is 0 Å². The van der Waals surface area contributed by atoms with Crippen LogP contribution in [0.25, 0.3) is 49.4 Å². The molecule has 1 heterocycles.